The van der Waals surface area contributed by atoms with Gasteiger partial charge < -0.3 is 28.8 Å². The third-order valence-corrected chi connectivity index (χ3v) is 3.51. The Labute approximate surface area is 106 Å². The van der Waals surface area contributed by atoms with Crippen LogP contribution in [0.15, 0.2) is 0 Å². The number of ether oxygens (including phenoxy) is 5. The second-order valence-electron chi connectivity index (χ2n) is 6.00. The monoisotopic (exact) mass is 260 g/mol. The standard InChI is InChI=1S/C12H20O6/c1-10(2)15-6-12(18-10)9(13)8-7(5-14-12)16-11(3,4)17-8/h7-9,13H,5-6H2,1-4H3/t7-,8+,9+,12+/m1/s1. The highest BCUT2D eigenvalue weighted by Gasteiger charge is 2.62. The number of hydrogen-bond acceptors (Lipinski definition) is 6. The van der Waals surface area contributed by atoms with Gasteiger partial charge in [-0.3, -0.25) is 0 Å². The van der Waals surface area contributed by atoms with Gasteiger partial charge >= 0.3 is 0 Å². The van der Waals surface area contributed by atoms with Crippen LogP contribution in [0.2, 0.25) is 0 Å². The average Bonchev–Trinajstić information content (AvgIpc) is 2.71. The molecule has 3 rings (SSSR count). The van der Waals surface area contributed by atoms with Crippen LogP contribution in [-0.4, -0.2) is 54.0 Å². The van der Waals surface area contributed by atoms with Crippen molar-refractivity contribution in [3.63, 3.8) is 0 Å². The maximum absolute atomic E-state index is 10.5. The highest BCUT2D eigenvalue weighted by molar-refractivity contribution is 5.00. The van der Waals surface area contributed by atoms with E-state index in [0.29, 0.717) is 6.61 Å². The number of aliphatic hydroxyl groups is 1. The second-order valence-corrected chi connectivity index (χ2v) is 6.00. The SMILES string of the molecule is CC1(C)O[C@H]2[C@@H](CO[C@]3(COC(C)(C)O3)[C@H]2O)O1. The summed E-state index contributed by atoms with van der Waals surface area (Å²) in [6.45, 7) is 7.74. The van der Waals surface area contributed by atoms with E-state index in [4.69, 9.17) is 23.7 Å². The van der Waals surface area contributed by atoms with E-state index in [0.717, 1.165) is 0 Å². The van der Waals surface area contributed by atoms with Crippen molar-refractivity contribution < 1.29 is 28.8 Å². The van der Waals surface area contributed by atoms with Crippen LogP contribution in [0, 0.1) is 0 Å². The Balaban J connectivity index is 1.82. The first-order chi connectivity index (χ1) is 8.23. The van der Waals surface area contributed by atoms with E-state index in [1.165, 1.54) is 0 Å². The van der Waals surface area contributed by atoms with Gasteiger partial charge in [0, 0.05) is 0 Å². The molecule has 0 aromatic carbocycles. The van der Waals surface area contributed by atoms with Crippen LogP contribution in [0.5, 0.6) is 0 Å². The Hall–Kier alpha value is -0.240. The number of fused-ring (bicyclic) bond motifs is 1. The Kier molecular flexibility index (Phi) is 2.59. The Morgan fingerprint density at radius 2 is 1.72 bits per heavy atom. The summed E-state index contributed by atoms with van der Waals surface area (Å²) in [7, 11) is 0. The summed E-state index contributed by atoms with van der Waals surface area (Å²) in [5.41, 5.74) is 0. The molecule has 0 aromatic heterocycles. The van der Waals surface area contributed by atoms with Crippen LogP contribution >= 0.6 is 0 Å². The van der Waals surface area contributed by atoms with Crippen LogP contribution in [0.4, 0.5) is 0 Å². The van der Waals surface area contributed by atoms with Crippen LogP contribution in [-0.2, 0) is 23.7 Å². The molecule has 104 valence electrons. The van der Waals surface area contributed by atoms with Gasteiger partial charge in [0.15, 0.2) is 11.6 Å². The summed E-state index contributed by atoms with van der Waals surface area (Å²) in [5.74, 6) is -2.61. The number of rotatable bonds is 0. The molecule has 0 aromatic rings. The van der Waals surface area contributed by atoms with Crippen LogP contribution in [0.1, 0.15) is 27.7 Å². The normalized spacial score (nSPS) is 49.5. The molecule has 3 aliphatic heterocycles. The Morgan fingerprint density at radius 1 is 1.00 bits per heavy atom. The summed E-state index contributed by atoms with van der Waals surface area (Å²) < 4.78 is 28.3. The Morgan fingerprint density at radius 3 is 2.33 bits per heavy atom. The molecule has 4 atom stereocenters. The van der Waals surface area contributed by atoms with Crippen molar-refractivity contribution in [2.75, 3.05) is 13.2 Å². The maximum atomic E-state index is 10.5. The van der Waals surface area contributed by atoms with Gasteiger partial charge in [-0.1, -0.05) is 0 Å². The zero-order valence-corrected chi connectivity index (χ0v) is 11.1. The average molecular weight is 260 g/mol. The molecule has 6 heteroatoms. The van der Waals surface area contributed by atoms with E-state index in [-0.39, 0.29) is 12.7 Å². The van der Waals surface area contributed by atoms with Gasteiger partial charge in [-0.25, -0.2) is 0 Å². The summed E-state index contributed by atoms with van der Waals surface area (Å²) in [6, 6.07) is 0. The first-order valence-electron chi connectivity index (χ1n) is 6.25. The smallest absolute Gasteiger partial charge is 0.224 e. The first-order valence-corrected chi connectivity index (χ1v) is 6.25. The second kappa shape index (κ2) is 3.65. The van der Waals surface area contributed by atoms with Crippen molar-refractivity contribution >= 4 is 0 Å². The molecular weight excluding hydrogens is 240 g/mol. The number of aliphatic hydroxyl groups excluding tert-OH is 1. The molecule has 1 N–H and O–H groups in total. The molecule has 3 aliphatic rings. The predicted molar refractivity (Wildman–Crippen MR) is 59.6 cm³/mol. The minimum Gasteiger partial charge on any atom is -0.385 e. The minimum atomic E-state index is -1.14. The van der Waals surface area contributed by atoms with Crippen LogP contribution in [0.3, 0.4) is 0 Å². The molecule has 6 nitrogen and oxygen atoms in total. The third-order valence-electron chi connectivity index (χ3n) is 3.51. The van der Waals surface area contributed by atoms with Crippen molar-refractivity contribution in [3.8, 4) is 0 Å². The predicted octanol–water partition coefficient (Wildman–Crippen LogP) is 0.377. The molecule has 3 heterocycles. The van der Waals surface area contributed by atoms with Crippen LogP contribution in [0.25, 0.3) is 0 Å². The number of hydrogen-bond donors (Lipinski definition) is 1. The quantitative estimate of drug-likeness (QED) is 0.679. The lowest BCUT2D eigenvalue weighted by Gasteiger charge is -2.41. The van der Waals surface area contributed by atoms with Gasteiger partial charge in [0.1, 0.15) is 24.9 Å². The van der Waals surface area contributed by atoms with E-state index in [9.17, 15) is 5.11 Å². The van der Waals surface area contributed by atoms with E-state index >= 15 is 0 Å². The zero-order chi connectivity index (χ0) is 13.2. The van der Waals surface area contributed by atoms with Gasteiger partial charge in [0.05, 0.1) is 6.61 Å². The molecule has 3 saturated heterocycles. The molecule has 0 bridgehead atoms. The van der Waals surface area contributed by atoms with Gasteiger partial charge in [0.25, 0.3) is 0 Å². The van der Waals surface area contributed by atoms with Gasteiger partial charge in [-0.2, -0.15) is 0 Å². The first kappa shape index (κ1) is 12.8. The molecule has 0 unspecified atom stereocenters. The summed E-state index contributed by atoms with van der Waals surface area (Å²) in [5, 5.41) is 10.5. The topological polar surface area (TPSA) is 66.4 Å². The summed E-state index contributed by atoms with van der Waals surface area (Å²) >= 11 is 0. The van der Waals surface area contributed by atoms with E-state index in [2.05, 4.69) is 0 Å². The molecule has 0 radical (unpaired) electrons. The Bertz CT molecular complexity index is 352. The molecule has 3 fully saturated rings. The summed E-state index contributed by atoms with van der Waals surface area (Å²) in [6.07, 6.45) is -1.65. The van der Waals surface area contributed by atoms with Crippen molar-refractivity contribution in [1.82, 2.24) is 0 Å². The fraction of sp³-hybridized carbons (Fsp3) is 1.00. The molecule has 18 heavy (non-hydrogen) atoms. The third kappa shape index (κ3) is 1.88. The van der Waals surface area contributed by atoms with E-state index < -0.39 is 29.6 Å². The lowest BCUT2D eigenvalue weighted by molar-refractivity contribution is -0.326. The van der Waals surface area contributed by atoms with Crippen molar-refractivity contribution in [2.45, 2.75) is 63.4 Å². The molecule has 0 aliphatic carbocycles. The highest BCUT2D eigenvalue weighted by Crippen LogP contribution is 2.43. The van der Waals surface area contributed by atoms with Crippen molar-refractivity contribution in [1.29, 1.82) is 0 Å². The van der Waals surface area contributed by atoms with Gasteiger partial charge in [0.2, 0.25) is 5.79 Å². The lowest BCUT2D eigenvalue weighted by atomic mass is 9.97. The largest absolute Gasteiger partial charge is 0.385 e. The minimum absolute atomic E-state index is 0.189. The fourth-order valence-corrected chi connectivity index (χ4v) is 2.78. The van der Waals surface area contributed by atoms with Crippen molar-refractivity contribution in [3.05, 3.63) is 0 Å². The van der Waals surface area contributed by atoms with Crippen molar-refractivity contribution in [2.24, 2.45) is 0 Å². The molecular formula is C12H20O6. The molecule has 0 saturated carbocycles. The lowest BCUT2D eigenvalue weighted by Crippen LogP contribution is -2.61. The van der Waals surface area contributed by atoms with Gasteiger partial charge in [-0.05, 0) is 27.7 Å². The fourth-order valence-electron chi connectivity index (χ4n) is 2.78. The van der Waals surface area contributed by atoms with E-state index in [1.807, 2.05) is 13.8 Å². The zero-order valence-electron chi connectivity index (χ0n) is 11.1. The van der Waals surface area contributed by atoms with Crippen LogP contribution < -0.4 is 0 Å². The highest BCUT2D eigenvalue weighted by atomic mass is 16.9. The molecule has 0 amide bonds. The maximum Gasteiger partial charge on any atom is 0.224 e. The van der Waals surface area contributed by atoms with Gasteiger partial charge in [-0.15, -0.1) is 0 Å². The molecule has 1 spiro atoms. The summed E-state index contributed by atoms with van der Waals surface area (Å²) in [4.78, 5) is 0. The van der Waals surface area contributed by atoms with E-state index in [1.54, 1.807) is 13.8 Å².